The van der Waals surface area contributed by atoms with E-state index in [0.717, 1.165) is 50.9 Å². The van der Waals surface area contributed by atoms with Gasteiger partial charge < -0.3 is 9.80 Å². The van der Waals surface area contributed by atoms with Gasteiger partial charge in [0.15, 0.2) is 0 Å². The van der Waals surface area contributed by atoms with Gasteiger partial charge in [0, 0.05) is 70.7 Å². The van der Waals surface area contributed by atoms with E-state index in [-0.39, 0.29) is 5.69 Å². The van der Waals surface area contributed by atoms with Crippen LogP contribution in [0.3, 0.4) is 0 Å². The van der Waals surface area contributed by atoms with Crippen molar-refractivity contribution in [3.8, 4) is 0 Å². The highest BCUT2D eigenvalue weighted by Crippen LogP contribution is 2.24. The SMILES string of the molecule is Cn1cc(CN2CCN(c3cc(N4CCCC4)ncn3)CC2)c(C(F)F)n1. The topological polar surface area (TPSA) is 53.3 Å². The number of alkyl halides is 2. The van der Waals surface area contributed by atoms with Crippen LogP contribution in [0.5, 0.6) is 0 Å². The molecule has 2 aliphatic heterocycles. The summed E-state index contributed by atoms with van der Waals surface area (Å²) in [6.07, 6.45) is 3.23. The molecule has 4 rings (SSSR count). The molecule has 0 atom stereocenters. The molecule has 2 aliphatic rings. The number of aryl methyl sites for hydroxylation is 1. The van der Waals surface area contributed by atoms with Gasteiger partial charge >= 0.3 is 0 Å². The summed E-state index contributed by atoms with van der Waals surface area (Å²) in [5.41, 5.74) is 0.505. The fourth-order valence-electron chi connectivity index (χ4n) is 3.87. The van der Waals surface area contributed by atoms with Crippen LogP contribution in [0, 0.1) is 0 Å². The van der Waals surface area contributed by atoms with E-state index >= 15 is 0 Å². The zero-order valence-corrected chi connectivity index (χ0v) is 15.6. The average molecular weight is 377 g/mol. The number of anilines is 2. The second kappa shape index (κ2) is 7.75. The van der Waals surface area contributed by atoms with E-state index in [1.165, 1.54) is 17.5 Å². The molecule has 0 N–H and O–H groups in total. The Morgan fingerprint density at radius 2 is 1.59 bits per heavy atom. The monoisotopic (exact) mass is 377 g/mol. The molecule has 0 radical (unpaired) electrons. The maximum Gasteiger partial charge on any atom is 0.282 e. The lowest BCUT2D eigenvalue weighted by molar-refractivity contribution is 0.142. The summed E-state index contributed by atoms with van der Waals surface area (Å²) in [6.45, 7) is 5.87. The van der Waals surface area contributed by atoms with Gasteiger partial charge in [0.1, 0.15) is 23.7 Å². The third-order valence-corrected chi connectivity index (χ3v) is 5.30. The predicted molar refractivity (Wildman–Crippen MR) is 99.1 cm³/mol. The highest BCUT2D eigenvalue weighted by atomic mass is 19.3. The zero-order chi connectivity index (χ0) is 18.8. The van der Waals surface area contributed by atoms with Crippen LogP contribution < -0.4 is 9.80 Å². The Kier molecular flexibility index (Phi) is 5.20. The van der Waals surface area contributed by atoms with E-state index in [1.807, 2.05) is 0 Å². The molecule has 2 fully saturated rings. The first-order valence-corrected chi connectivity index (χ1v) is 9.45. The van der Waals surface area contributed by atoms with Crippen molar-refractivity contribution in [3.63, 3.8) is 0 Å². The number of hydrogen-bond donors (Lipinski definition) is 0. The molecule has 4 heterocycles. The summed E-state index contributed by atoms with van der Waals surface area (Å²) >= 11 is 0. The number of halogens is 2. The number of nitrogens with zero attached hydrogens (tertiary/aromatic N) is 7. The third kappa shape index (κ3) is 4.02. The second-order valence-corrected chi connectivity index (χ2v) is 7.21. The van der Waals surface area contributed by atoms with E-state index in [0.29, 0.717) is 12.1 Å². The van der Waals surface area contributed by atoms with E-state index in [1.54, 1.807) is 19.6 Å². The Morgan fingerprint density at radius 3 is 2.22 bits per heavy atom. The van der Waals surface area contributed by atoms with Crippen molar-refractivity contribution >= 4 is 11.6 Å². The van der Waals surface area contributed by atoms with E-state index in [2.05, 4.69) is 35.8 Å². The van der Waals surface area contributed by atoms with Crippen molar-refractivity contribution in [1.82, 2.24) is 24.6 Å². The van der Waals surface area contributed by atoms with Crippen LogP contribution in [0.2, 0.25) is 0 Å². The molecular weight excluding hydrogens is 352 g/mol. The summed E-state index contributed by atoms with van der Waals surface area (Å²) in [4.78, 5) is 15.6. The maximum atomic E-state index is 13.1. The summed E-state index contributed by atoms with van der Waals surface area (Å²) in [7, 11) is 1.68. The summed E-state index contributed by atoms with van der Waals surface area (Å²) in [6, 6.07) is 2.07. The van der Waals surface area contributed by atoms with Crippen molar-refractivity contribution in [3.05, 3.63) is 29.8 Å². The molecule has 0 aromatic carbocycles. The van der Waals surface area contributed by atoms with Crippen LogP contribution in [0.25, 0.3) is 0 Å². The van der Waals surface area contributed by atoms with Gasteiger partial charge in [0.25, 0.3) is 6.43 Å². The van der Waals surface area contributed by atoms with Crippen molar-refractivity contribution < 1.29 is 8.78 Å². The molecule has 146 valence electrons. The number of aromatic nitrogens is 4. The van der Waals surface area contributed by atoms with Gasteiger partial charge in [-0.15, -0.1) is 0 Å². The smallest absolute Gasteiger partial charge is 0.282 e. The average Bonchev–Trinajstić information content (AvgIpc) is 3.32. The van der Waals surface area contributed by atoms with Crippen LogP contribution in [0.1, 0.15) is 30.5 Å². The molecule has 0 spiro atoms. The van der Waals surface area contributed by atoms with E-state index in [9.17, 15) is 8.78 Å². The Hall–Kier alpha value is -2.29. The molecule has 27 heavy (non-hydrogen) atoms. The third-order valence-electron chi connectivity index (χ3n) is 5.30. The fourth-order valence-corrected chi connectivity index (χ4v) is 3.87. The molecule has 0 aliphatic carbocycles. The first-order chi connectivity index (χ1) is 13.1. The normalized spacial score (nSPS) is 18.7. The summed E-state index contributed by atoms with van der Waals surface area (Å²) < 4.78 is 27.7. The van der Waals surface area contributed by atoms with Gasteiger partial charge in [-0.3, -0.25) is 9.58 Å². The molecular formula is C18H25F2N7. The molecule has 0 unspecified atom stereocenters. The van der Waals surface area contributed by atoms with Crippen LogP contribution >= 0.6 is 0 Å². The van der Waals surface area contributed by atoms with Gasteiger partial charge in [-0.05, 0) is 12.8 Å². The lowest BCUT2D eigenvalue weighted by Gasteiger charge is -2.35. The highest BCUT2D eigenvalue weighted by Gasteiger charge is 2.23. The lowest BCUT2D eigenvalue weighted by Crippen LogP contribution is -2.46. The molecule has 9 heteroatoms. The number of piperazine rings is 1. The Labute approximate surface area is 157 Å². The Bertz CT molecular complexity index is 765. The van der Waals surface area contributed by atoms with Crippen LogP contribution in [0.15, 0.2) is 18.6 Å². The van der Waals surface area contributed by atoms with Crippen molar-refractivity contribution in [2.75, 3.05) is 49.1 Å². The molecule has 0 saturated carbocycles. The Balaban J connectivity index is 1.37. The highest BCUT2D eigenvalue weighted by molar-refractivity contribution is 5.50. The predicted octanol–water partition coefficient (Wildman–Crippen LogP) is 2.07. The van der Waals surface area contributed by atoms with Crippen LogP contribution in [0.4, 0.5) is 20.4 Å². The molecule has 2 aromatic heterocycles. The standard InChI is InChI=1S/C18H25F2N7/c1-24-11-14(17(23-24)18(19)20)12-25-6-8-27(9-7-25)16-10-15(21-13-22-16)26-4-2-3-5-26/h10-11,13,18H,2-9,12H2,1H3. The van der Waals surface area contributed by atoms with Crippen LogP contribution in [-0.2, 0) is 13.6 Å². The van der Waals surface area contributed by atoms with Gasteiger partial charge in [-0.2, -0.15) is 5.10 Å². The number of rotatable bonds is 5. The molecule has 7 nitrogen and oxygen atoms in total. The van der Waals surface area contributed by atoms with E-state index in [4.69, 9.17) is 0 Å². The molecule has 0 bridgehead atoms. The van der Waals surface area contributed by atoms with Gasteiger partial charge in [-0.1, -0.05) is 0 Å². The van der Waals surface area contributed by atoms with Gasteiger partial charge in [0.2, 0.25) is 0 Å². The van der Waals surface area contributed by atoms with Crippen molar-refractivity contribution in [2.24, 2.45) is 7.05 Å². The minimum atomic E-state index is -2.53. The lowest BCUT2D eigenvalue weighted by atomic mass is 10.2. The van der Waals surface area contributed by atoms with Crippen LogP contribution in [-0.4, -0.2) is 63.9 Å². The first-order valence-electron chi connectivity index (χ1n) is 9.45. The maximum absolute atomic E-state index is 13.1. The summed E-state index contributed by atoms with van der Waals surface area (Å²) in [5.74, 6) is 1.94. The number of hydrogen-bond acceptors (Lipinski definition) is 6. The molecule has 2 aromatic rings. The zero-order valence-electron chi connectivity index (χ0n) is 15.6. The summed E-state index contributed by atoms with van der Waals surface area (Å²) in [5, 5.41) is 3.89. The minimum Gasteiger partial charge on any atom is -0.356 e. The largest absolute Gasteiger partial charge is 0.356 e. The van der Waals surface area contributed by atoms with Gasteiger partial charge in [-0.25, -0.2) is 18.7 Å². The van der Waals surface area contributed by atoms with Crippen molar-refractivity contribution in [2.45, 2.75) is 25.8 Å². The first kappa shape index (κ1) is 18.1. The Morgan fingerprint density at radius 1 is 0.963 bits per heavy atom. The second-order valence-electron chi connectivity index (χ2n) is 7.21. The fraction of sp³-hybridized carbons (Fsp3) is 0.611. The quantitative estimate of drug-likeness (QED) is 0.795. The van der Waals surface area contributed by atoms with Gasteiger partial charge in [0.05, 0.1) is 0 Å². The van der Waals surface area contributed by atoms with Crippen molar-refractivity contribution in [1.29, 1.82) is 0 Å². The molecule has 0 amide bonds. The van der Waals surface area contributed by atoms with E-state index < -0.39 is 6.43 Å². The minimum absolute atomic E-state index is 0.106. The molecule has 2 saturated heterocycles.